The van der Waals surface area contributed by atoms with Gasteiger partial charge in [0.15, 0.2) is 0 Å². The number of hydrogen-bond acceptors (Lipinski definition) is 4. The van der Waals surface area contributed by atoms with Gasteiger partial charge in [-0.25, -0.2) is 4.79 Å². The topological polar surface area (TPSA) is 55.8 Å². The monoisotopic (exact) mass is 305 g/mol. The van der Waals surface area contributed by atoms with E-state index in [0.29, 0.717) is 26.1 Å². The maximum atomic E-state index is 11.8. The van der Waals surface area contributed by atoms with E-state index in [2.05, 4.69) is 0 Å². The fourth-order valence-corrected chi connectivity index (χ4v) is 2.21. The predicted octanol–water partition coefficient (Wildman–Crippen LogP) is 2.99. The fourth-order valence-electron chi connectivity index (χ4n) is 2.21. The molecular formula is C17H23NO4. The Morgan fingerprint density at radius 3 is 2.41 bits per heavy atom. The second kappa shape index (κ2) is 6.81. The highest BCUT2D eigenvalue weighted by molar-refractivity contribution is 5.72. The quantitative estimate of drug-likeness (QED) is 0.802. The summed E-state index contributed by atoms with van der Waals surface area (Å²) in [5.41, 5.74) is 0.483. The molecule has 5 nitrogen and oxygen atoms in total. The normalized spacial score (nSPS) is 15.1. The van der Waals surface area contributed by atoms with Crippen LogP contribution < -0.4 is 0 Å². The number of ether oxygens (including phenoxy) is 2. The molecule has 1 saturated heterocycles. The van der Waals surface area contributed by atoms with Gasteiger partial charge in [-0.1, -0.05) is 30.3 Å². The number of esters is 1. The molecule has 0 radical (unpaired) electrons. The molecule has 0 N–H and O–H groups in total. The summed E-state index contributed by atoms with van der Waals surface area (Å²) in [5.74, 6) is -0.0616. The van der Waals surface area contributed by atoms with E-state index in [4.69, 9.17) is 9.47 Å². The summed E-state index contributed by atoms with van der Waals surface area (Å²) in [6.07, 6.45) is 0.0213. The highest BCUT2D eigenvalue weighted by Gasteiger charge is 2.35. The Kier molecular flexibility index (Phi) is 5.06. The molecule has 22 heavy (non-hydrogen) atoms. The molecule has 0 aliphatic carbocycles. The molecule has 0 atom stereocenters. The molecule has 0 saturated carbocycles. The van der Waals surface area contributed by atoms with Gasteiger partial charge >= 0.3 is 12.1 Å². The highest BCUT2D eigenvalue weighted by atomic mass is 16.6. The smallest absolute Gasteiger partial charge is 0.410 e. The molecule has 120 valence electrons. The van der Waals surface area contributed by atoms with Crippen molar-refractivity contribution in [2.45, 2.75) is 39.4 Å². The second-order valence-corrected chi connectivity index (χ2v) is 6.60. The zero-order chi connectivity index (χ0) is 16.2. The van der Waals surface area contributed by atoms with Crippen LogP contribution in [0.4, 0.5) is 4.79 Å². The van der Waals surface area contributed by atoms with Crippen molar-refractivity contribution in [3.8, 4) is 0 Å². The van der Waals surface area contributed by atoms with Crippen molar-refractivity contribution in [3.63, 3.8) is 0 Å². The van der Waals surface area contributed by atoms with E-state index >= 15 is 0 Å². The maximum Gasteiger partial charge on any atom is 0.410 e. The van der Waals surface area contributed by atoms with Crippen LogP contribution in [0, 0.1) is 5.92 Å². The van der Waals surface area contributed by atoms with Gasteiger partial charge in [-0.3, -0.25) is 4.79 Å². The van der Waals surface area contributed by atoms with Crippen LogP contribution in [0.15, 0.2) is 30.3 Å². The van der Waals surface area contributed by atoms with Gasteiger partial charge in [0, 0.05) is 19.0 Å². The van der Waals surface area contributed by atoms with Crippen LogP contribution in [-0.4, -0.2) is 35.7 Å². The molecule has 2 rings (SSSR count). The van der Waals surface area contributed by atoms with E-state index < -0.39 is 5.60 Å². The van der Waals surface area contributed by atoms with Crippen molar-refractivity contribution in [2.24, 2.45) is 5.92 Å². The SMILES string of the molecule is CC(C)(C)OC(=O)N1CC(CC(=O)OCc2ccccc2)C1. The number of amides is 1. The molecule has 1 aliphatic rings. The first-order chi connectivity index (χ1) is 10.3. The number of hydrogen-bond donors (Lipinski definition) is 0. The first-order valence-electron chi connectivity index (χ1n) is 7.51. The van der Waals surface area contributed by atoms with Gasteiger partial charge in [0.25, 0.3) is 0 Å². The van der Waals surface area contributed by atoms with Crippen LogP contribution in [0.2, 0.25) is 0 Å². The van der Waals surface area contributed by atoms with Gasteiger partial charge in [0.05, 0.1) is 6.42 Å². The van der Waals surface area contributed by atoms with Crippen LogP contribution in [-0.2, 0) is 20.9 Å². The van der Waals surface area contributed by atoms with E-state index in [0.717, 1.165) is 5.56 Å². The Hall–Kier alpha value is -2.04. The summed E-state index contributed by atoms with van der Waals surface area (Å²) < 4.78 is 10.5. The van der Waals surface area contributed by atoms with Gasteiger partial charge in [-0.2, -0.15) is 0 Å². The minimum Gasteiger partial charge on any atom is -0.461 e. The van der Waals surface area contributed by atoms with Gasteiger partial charge in [-0.15, -0.1) is 0 Å². The molecule has 0 aromatic heterocycles. The molecule has 0 bridgehead atoms. The van der Waals surface area contributed by atoms with Crippen molar-refractivity contribution in [3.05, 3.63) is 35.9 Å². The summed E-state index contributed by atoms with van der Waals surface area (Å²) in [5, 5.41) is 0. The zero-order valence-corrected chi connectivity index (χ0v) is 13.4. The lowest BCUT2D eigenvalue weighted by Crippen LogP contribution is -2.52. The van der Waals surface area contributed by atoms with Gasteiger partial charge in [0.1, 0.15) is 12.2 Å². The summed E-state index contributed by atoms with van der Waals surface area (Å²) in [4.78, 5) is 25.2. The summed E-state index contributed by atoms with van der Waals surface area (Å²) in [6, 6.07) is 9.58. The van der Waals surface area contributed by atoms with Crippen LogP contribution in [0.3, 0.4) is 0 Å². The summed E-state index contributed by atoms with van der Waals surface area (Å²) >= 11 is 0. The number of carbonyl (C=O) groups excluding carboxylic acids is 2. The van der Waals surface area contributed by atoms with E-state index in [1.807, 2.05) is 51.1 Å². The van der Waals surface area contributed by atoms with Crippen LogP contribution in [0.1, 0.15) is 32.8 Å². The second-order valence-electron chi connectivity index (χ2n) is 6.60. The fraction of sp³-hybridized carbons (Fsp3) is 0.529. The standard InChI is InChI=1S/C17H23NO4/c1-17(2,3)22-16(20)18-10-14(11-18)9-15(19)21-12-13-7-5-4-6-8-13/h4-8,14H,9-12H2,1-3H3. The van der Waals surface area contributed by atoms with Crippen molar-refractivity contribution >= 4 is 12.1 Å². The molecule has 1 heterocycles. The minimum atomic E-state index is -0.489. The number of nitrogens with zero attached hydrogens (tertiary/aromatic N) is 1. The molecule has 1 aromatic rings. The maximum absolute atomic E-state index is 11.8. The van der Waals surface area contributed by atoms with E-state index in [9.17, 15) is 9.59 Å². The van der Waals surface area contributed by atoms with E-state index in [1.165, 1.54) is 0 Å². The average molecular weight is 305 g/mol. The van der Waals surface area contributed by atoms with E-state index in [1.54, 1.807) is 4.90 Å². The Bertz CT molecular complexity index is 515. The van der Waals surface area contributed by atoms with Crippen LogP contribution in [0.5, 0.6) is 0 Å². The summed E-state index contributed by atoms with van der Waals surface area (Å²) in [7, 11) is 0. The number of carbonyl (C=O) groups is 2. The lowest BCUT2D eigenvalue weighted by Gasteiger charge is -2.39. The Balaban J connectivity index is 1.65. The van der Waals surface area contributed by atoms with Crippen LogP contribution in [0.25, 0.3) is 0 Å². The third kappa shape index (κ3) is 5.06. The van der Waals surface area contributed by atoms with Crippen LogP contribution >= 0.6 is 0 Å². The molecule has 5 heteroatoms. The lowest BCUT2D eigenvalue weighted by atomic mass is 9.97. The molecule has 0 spiro atoms. The number of rotatable bonds is 4. The predicted molar refractivity (Wildman–Crippen MR) is 82.2 cm³/mol. The first-order valence-corrected chi connectivity index (χ1v) is 7.51. The first kappa shape index (κ1) is 16.3. The molecule has 1 aliphatic heterocycles. The Morgan fingerprint density at radius 2 is 1.82 bits per heavy atom. The van der Waals surface area contributed by atoms with Gasteiger partial charge in [0.2, 0.25) is 0 Å². The number of benzene rings is 1. The Morgan fingerprint density at radius 1 is 1.18 bits per heavy atom. The third-order valence-electron chi connectivity index (χ3n) is 3.31. The molecule has 0 unspecified atom stereocenters. The van der Waals surface area contributed by atoms with Crippen molar-refractivity contribution in [2.75, 3.05) is 13.1 Å². The molecule has 1 aromatic carbocycles. The van der Waals surface area contributed by atoms with Crippen molar-refractivity contribution in [1.82, 2.24) is 4.90 Å². The summed E-state index contributed by atoms with van der Waals surface area (Å²) in [6.45, 7) is 6.90. The molecular weight excluding hydrogens is 282 g/mol. The van der Waals surface area contributed by atoms with Crippen molar-refractivity contribution in [1.29, 1.82) is 0 Å². The van der Waals surface area contributed by atoms with Gasteiger partial charge in [-0.05, 0) is 26.3 Å². The third-order valence-corrected chi connectivity index (χ3v) is 3.31. The molecule has 1 fully saturated rings. The van der Waals surface area contributed by atoms with Crippen molar-refractivity contribution < 1.29 is 19.1 Å². The lowest BCUT2D eigenvalue weighted by molar-refractivity contribution is -0.147. The number of likely N-dealkylation sites (tertiary alicyclic amines) is 1. The average Bonchev–Trinajstić information content (AvgIpc) is 2.39. The Labute approximate surface area is 131 Å². The zero-order valence-electron chi connectivity index (χ0n) is 13.4. The minimum absolute atomic E-state index is 0.163. The van der Waals surface area contributed by atoms with Gasteiger partial charge < -0.3 is 14.4 Å². The van der Waals surface area contributed by atoms with E-state index in [-0.39, 0.29) is 18.0 Å². The largest absolute Gasteiger partial charge is 0.461 e. The highest BCUT2D eigenvalue weighted by Crippen LogP contribution is 2.22. The molecule has 1 amide bonds.